The number of nitrogens with zero attached hydrogens (tertiary/aromatic N) is 2. The van der Waals surface area contributed by atoms with Crippen LogP contribution < -0.4 is 0 Å². The third-order valence-corrected chi connectivity index (χ3v) is 11.7. The second-order valence-electron chi connectivity index (χ2n) is 13.5. The Bertz CT molecular complexity index is 3150. The van der Waals surface area contributed by atoms with E-state index in [-0.39, 0.29) is 0 Å². The van der Waals surface area contributed by atoms with Crippen molar-refractivity contribution in [2.45, 2.75) is 0 Å². The quantitative estimate of drug-likeness (QED) is 0.169. The summed E-state index contributed by atoms with van der Waals surface area (Å²) in [6.07, 6.45) is 0. The highest BCUT2D eigenvalue weighted by Crippen LogP contribution is 2.44. The van der Waals surface area contributed by atoms with Crippen LogP contribution in [0, 0.1) is 0 Å². The summed E-state index contributed by atoms with van der Waals surface area (Å²) in [6.45, 7) is 0. The fourth-order valence-corrected chi connectivity index (χ4v) is 9.28. The van der Waals surface area contributed by atoms with Crippen LogP contribution in [0.5, 0.6) is 0 Å². The van der Waals surface area contributed by atoms with Crippen molar-refractivity contribution in [3.63, 3.8) is 0 Å². The Morgan fingerprint density at radius 1 is 0.365 bits per heavy atom. The Labute approximate surface area is 304 Å². The molecule has 0 bridgehead atoms. The second kappa shape index (κ2) is 11.5. The summed E-state index contributed by atoms with van der Waals surface area (Å²) in [5, 5.41) is 8.82. The van der Waals surface area contributed by atoms with Gasteiger partial charge in [0.05, 0.1) is 22.2 Å². The van der Waals surface area contributed by atoms with E-state index < -0.39 is 0 Å². The lowest BCUT2D eigenvalue weighted by atomic mass is 9.94. The fraction of sp³-hybridized carbons (Fsp3) is 0. The molecule has 0 saturated heterocycles. The second-order valence-corrected chi connectivity index (χ2v) is 14.6. The topological polar surface area (TPSA) is 17.8 Å². The molecule has 3 heterocycles. The standard InChI is InChI=1S/C49H30N2S/c1-3-11-33(12-4-1)49-41-27-28-46-48(40-16-8-10-18-45(40)52-46)47(41)39-26-24-34(29-42(39)50-49)31-19-21-32(22-20-31)35-23-25-38-37-15-7-9-17-43(37)51(44(38)30-35)36-13-5-2-6-14-36/h1-30H. The van der Waals surface area contributed by atoms with Gasteiger partial charge in [-0.15, -0.1) is 11.3 Å². The Balaban J connectivity index is 1.05. The van der Waals surface area contributed by atoms with Gasteiger partial charge in [0.1, 0.15) is 0 Å². The summed E-state index contributed by atoms with van der Waals surface area (Å²) in [7, 11) is 0. The van der Waals surface area contributed by atoms with Crippen molar-refractivity contribution in [1.82, 2.24) is 9.55 Å². The van der Waals surface area contributed by atoms with Crippen molar-refractivity contribution in [3.8, 4) is 39.2 Å². The summed E-state index contributed by atoms with van der Waals surface area (Å²) < 4.78 is 5.00. The largest absolute Gasteiger partial charge is 0.309 e. The average molecular weight is 679 g/mol. The molecule has 0 N–H and O–H groups in total. The van der Waals surface area contributed by atoms with Gasteiger partial charge in [0.25, 0.3) is 0 Å². The number of thiophene rings is 1. The minimum absolute atomic E-state index is 1.01. The minimum atomic E-state index is 1.01. The highest BCUT2D eigenvalue weighted by atomic mass is 32.1. The lowest BCUT2D eigenvalue weighted by molar-refractivity contribution is 1.18. The first kappa shape index (κ1) is 29.2. The highest BCUT2D eigenvalue weighted by molar-refractivity contribution is 7.26. The third kappa shape index (κ3) is 4.46. The molecule has 11 aromatic rings. The van der Waals surface area contributed by atoms with E-state index in [2.05, 4.69) is 187 Å². The molecule has 0 aliphatic rings. The van der Waals surface area contributed by atoms with Crippen LogP contribution in [0.15, 0.2) is 182 Å². The molecule has 0 saturated carbocycles. The van der Waals surface area contributed by atoms with Crippen LogP contribution in [-0.2, 0) is 0 Å². The van der Waals surface area contributed by atoms with Gasteiger partial charge < -0.3 is 4.57 Å². The van der Waals surface area contributed by atoms with Crippen molar-refractivity contribution < 1.29 is 0 Å². The zero-order chi connectivity index (χ0) is 34.2. The van der Waals surface area contributed by atoms with E-state index in [1.165, 1.54) is 80.5 Å². The highest BCUT2D eigenvalue weighted by Gasteiger charge is 2.17. The summed E-state index contributed by atoms with van der Waals surface area (Å²) in [5.41, 5.74) is 11.5. The molecule has 0 amide bonds. The van der Waals surface area contributed by atoms with E-state index in [0.717, 1.165) is 22.3 Å². The maximum absolute atomic E-state index is 5.38. The normalized spacial score (nSPS) is 11.8. The first-order valence-corrected chi connectivity index (χ1v) is 18.5. The number of aromatic nitrogens is 2. The van der Waals surface area contributed by atoms with Gasteiger partial charge in [-0.2, -0.15) is 0 Å². The Kier molecular flexibility index (Phi) is 6.46. The molecule has 3 heteroatoms. The zero-order valence-electron chi connectivity index (χ0n) is 28.1. The SMILES string of the molecule is c1ccc(-c2nc3cc(-c4ccc(-c5ccc6c7ccccc7n(-c7ccccc7)c6c5)cc4)ccc3c3c2ccc2sc4ccccc4c23)cc1. The van der Waals surface area contributed by atoms with Crippen LogP contribution in [0.1, 0.15) is 0 Å². The monoisotopic (exact) mass is 678 g/mol. The van der Waals surface area contributed by atoms with Crippen molar-refractivity contribution in [2.75, 3.05) is 0 Å². The maximum Gasteiger partial charge on any atom is 0.0788 e. The molecule has 0 aliphatic heterocycles. The molecule has 0 fully saturated rings. The molecule has 0 unspecified atom stereocenters. The Morgan fingerprint density at radius 3 is 1.75 bits per heavy atom. The maximum atomic E-state index is 5.38. The molecule has 0 radical (unpaired) electrons. The number of benzene rings is 8. The Hall–Kier alpha value is -6.55. The molecule has 0 aliphatic carbocycles. The van der Waals surface area contributed by atoms with Gasteiger partial charge in [-0.25, -0.2) is 4.98 Å². The molecule has 0 spiro atoms. The van der Waals surface area contributed by atoms with Gasteiger partial charge in [0.2, 0.25) is 0 Å². The molecular weight excluding hydrogens is 649 g/mol. The lowest BCUT2D eigenvalue weighted by Gasteiger charge is -2.13. The van der Waals surface area contributed by atoms with Crippen LogP contribution >= 0.6 is 11.3 Å². The number of hydrogen-bond donors (Lipinski definition) is 0. The molecule has 2 nitrogen and oxygen atoms in total. The third-order valence-electron chi connectivity index (χ3n) is 10.6. The predicted octanol–water partition coefficient (Wildman–Crippen LogP) is 13.9. The van der Waals surface area contributed by atoms with Crippen LogP contribution in [0.25, 0.3) is 103 Å². The van der Waals surface area contributed by atoms with Gasteiger partial charge in [-0.3, -0.25) is 0 Å². The number of fused-ring (bicyclic) bond motifs is 10. The van der Waals surface area contributed by atoms with E-state index in [1.54, 1.807) is 0 Å². The van der Waals surface area contributed by atoms with Gasteiger partial charge in [0, 0.05) is 58.4 Å². The smallest absolute Gasteiger partial charge is 0.0788 e. The fourth-order valence-electron chi connectivity index (χ4n) is 8.17. The summed E-state index contributed by atoms with van der Waals surface area (Å²) in [6, 6.07) is 65.9. The minimum Gasteiger partial charge on any atom is -0.309 e. The van der Waals surface area contributed by atoms with E-state index in [9.17, 15) is 0 Å². The first-order chi connectivity index (χ1) is 25.8. The van der Waals surface area contributed by atoms with E-state index in [1.807, 2.05) is 11.3 Å². The summed E-state index contributed by atoms with van der Waals surface area (Å²) in [5.74, 6) is 0. The number of para-hydroxylation sites is 2. The first-order valence-electron chi connectivity index (χ1n) is 17.7. The van der Waals surface area contributed by atoms with E-state index >= 15 is 0 Å². The molecule has 0 atom stereocenters. The Morgan fingerprint density at radius 2 is 0.962 bits per heavy atom. The number of pyridine rings is 1. The number of hydrogen-bond acceptors (Lipinski definition) is 2. The summed E-state index contributed by atoms with van der Waals surface area (Å²) in [4.78, 5) is 5.38. The van der Waals surface area contributed by atoms with Crippen LogP contribution in [0.3, 0.4) is 0 Å². The number of rotatable bonds is 4. The van der Waals surface area contributed by atoms with E-state index in [4.69, 9.17) is 4.98 Å². The van der Waals surface area contributed by atoms with Crippen molar-refractivity contribution in [1.29, 1.82) is 0 Å². The average Bonchev–Trinajstić information content (AvgIpc) is 3.76. The summed E-state index contributed by atoms with van der Waals surface area (Å²) >= 11 is 1.87. The molecular formula is C49H30N2S. The van der Waals surface area contributed by atoms with Crippen LogP contribution in [0.4, 0.5) is 0 Å². The lowest BCUT2D eigenvalue weighted by Crippen LogP contribution is -1.93. The van der Waals surface area contributed by atoms with Crippen molar-refractivity contribution in [3.05, 3.63) is 182 Å². The van der Waals surface area contributed by atoms with Crippen LogP contribution in [-0.4, -0.2) is 9.55 Å². The zero-order valence-corrected chi connectivity index (χ0v) is 28.9. The van der Waals surface area contributed by atoms with Crippen LogP contribution in [0.2, 0.25) is 0 Å². The van der Waals surface area contributed by atoms with E-state index in [0.29, 0.717) is 0 Å². The van der Waals surface area contributed by atoms with Gasteiger partial charge in [0.15, 0.2) is 0 Å². The molecule has 52 heavy (non-hydrogen) atoms. The van der Waals surface area contributed by atoms with Gasteiger partial charge >= 0.3 is 0 Å². The predicted molar refractivity (Wildman–Crippen MR) is 223 cm³/mol. The van der Waals surface area contributed by atoms with Crippen molar-refractivity contribution >= 4 is 75.0 Å². The van der Waals surface area contributed by atoms with Crippen molar-refractivity contribution in [2.24, 2.45) is 0 Å². The van der Waals surface area contributed by atoms with Gasteiger partial charge in [-0.1, -0.05) is 140 Å². The molecule has 242 valence electrons. The molecule has 11 rings (SSSR count). The van der Waals surface area contributed by atoms with Gasteiger partial charge in [-0.05, 0) is 64.7 Å². The molecule has 3 aromatic heterocycles. The molecule has 8 aromatic carbocycles.